The molecule has 0 fully saturated rings. The fourth-order valence-electron chi connectivity index (χ4n) is 2.72. The summed E-state index contributed by atoms with van der Waals surface area (Å²) in [6.45, 7) is 3.36. The third kappa shape index (κ3) is 3.76. The summed E-state index contributed by atoms with van der Waals surface area (Å²) in [5, 5.41) is 5.83. The average Bonchev–Trinajstić information content (AvgIpc) is 3.15. The highest BCUT2D eigenvalue weighted by atomic mass is 32.1. The van der Waals surface area contributed by atoms with Gasteiger partial charge in [0.1, 0.15) is 0 Å². The van der Waals surface area contributed by atoms with Crippen molar-refractivity contribution in [2.45, 2.75) is 26.2 Å². The highest BCUT2D eigenvalue weighted by molar-refractivity contribution is 7.09. The first-order chi connectivity index (χ1) is 11.2. The van der Waals surface area contributed by atoms with Crippen molar-refractivity contribution in [2.24, 2.45) is 0 Å². The third-order valence-electron chi connectivity index (χ3n) is 3.97. The fourth-order valence-corrected chi connectivity index (χ4v) is 3.33. The number of anilines is 1. The number of hydrogen-bond donors (Lipinski definition) is 1. The van der Waals surface area contributed by atoms with Crippen LogP contribution in [0.4, 0.5) is 5.69 Å². The average molecular weight is 329 g/mol. The molecule has 0 bridgehead atoms. The predicted octanol–water partition coefficient (Wildman–Crippen LogP) is 2.27. The number of carbonyl (C=O) groups is 2. The molecule has 1 aromatic heterocycles. The number of nitrogens with one attached hydrogen (secondary N) is 1. The quantitative estimate of drug-likeness (QED) is 0.884. The second-order valence-corrected chi connectivity index (χ2v) is 6.52. The second kappa shape index (κ2) is 6.91. The van der Waals surface area contributed by atoms with E-state index in [9.17, 15) is 9.59 Å². The van der Waals surface area contributed by atoms with Crippen LogP contribution < -0.4 is 5.32 Å². The SMILES string of the molecule is CCN(CCc1nccs1)C(=O)Cc1ccc2c(c1)NC(=O)C2. The van der Waals surface area contributed by atoms with Gasteiger partial charge in [0.15, 0.2) is 0 Å². The minimum absolute atomic E-state index is 0.0158. The summed E-state index contributed by atoms with van der Waals surface area (Å²) in [4.78, 5) is 30.0. The number of carbonyl (C=O) groups excluding carboxylic acids is 2. The lowest BCUT2D eigenvalue weighted by Gasteiger charge is -2.20. The number of rotatable bonds is 6. The number of likely N-dealkylation sites (N-methyl/N-ethyl adjacent to an activating group) is 1. The number of benzene rings is 1. The topological polar surface area (TPSA) is 62.3 Å². The predicted molar refractivity (Wildman–Crippen MR) is 90.6 cm³/mol. The van der Waals surface area contributed by atoms with Gasteiger partial charge in [0.2, 0.25) is 11.8 Å². The monoisotopic (exact) mass is 329 g/mol. The molecule has 2 heterocycles. The molecule has 0 saturated heterocycles. The Morgan fingerprint density at radius 2 is 2.30 bits per heavy atom. The zero-order valence-corrected chi connectivity index (χ0v) is 13.9. The van der Waals surface area contributed by atoms with Gasteiger partial charge in [-0.25, -0.2) is 4.98 Å². The highest BCUT2D eigenvalue weighted by Crippen LogP contribution is 2.24. The van der Waals surface area contributed by atoms with Gasteiger partial charge in [0.05, 0.1) is 17.8 Å². The van der Waals surface area contributed by atoms with Crippen LogP contribution in [0.25, 0.3) is 0 Å². The first kappa shape index (κ1) is 15.7. The Hall–Kier alpha value is -2.21. The Balaban J connectivity index is 1.61. The second-order valence-electron chi connectivity index (χ2n) is 5.54. The van der Waals surface area contributed by atoms with Gasteiger partial charge >= 0.3 is 0 Å². The van der Waals surface area contributed by atoms with E-state index < -0.39 is 0 Å². The molecule has 3 rings (SSSR count). The molecule has 0 spiro atoms. The zero-order valence-electron chi connectivity index (χ0n) is 13.0. The van der Waals surface area contributed by atoms with E-state index in [4.69, 9.17) is 0 Å². The first-order valence-corrected chi connectivity index (χ1v) is 8.61. The molecule has 1 aromatic carbocycles. The Labute approximate surface area is 139 Å². The number of thiazole rings is 1. The van der Waals surface area contributed by atoms with Crippen LogP contribution in [0, 0.1) is 0 Å². The van der Waals surface area contributed by atoms with Gasteiger partial charge in [0.25, 0.3) is 0 Å². The van der Waals surface area contributed by atoms with E-state index in [1.165, 1.54) is 0 Å². The van der Waals surface area contributed by atoms with E-state index in [0.717, 1.165) is 28.2 Å². The fraction of sp³-hybridized carbons (Fsp3) is 0.353. The van der Waals surface area contributed by atoms with Crippen LogP contribution >= 0.6 is 11.3 Å². The van der Waals surface area contributed by atoms with Gasteiger partial charge in [0, 0.05) is 36.8 Å². The van der Waals surface area contributed by atoms with Crippen molar-refractivity contribution in [3.8, 4) is 0 Å². The summed E-state index contributed by atoms with van der Waals surface area (Å²) in [6.07, 6.45) is 3.36. The molecule has 0 saturated carbocycles. The molecular formula is C17H19N3O2S. The lowest BCUT2D eigenvalue weighted by atomic mass is 10.1. The van der Waals surface area contributed by atoms with Crippen molar-refractivity contribution in [1.29, 1.82) is 0 Å². The van der Waals surface area contributed by atoms with Crippen LogP contribution in [0.2, 0.25) is 0 Å². The van der Waals surface area contributed by atoms with Crippen LogP contribution in [0.3, 0.4) is 0 Å². The van der Waals surface area contributed by atoms with Gasteiger partial charge in [-0.05, 0) is 24.1 Å². The summed E-state index contributed by atoms with van der Waals surface area (Å²) in [6, 6.07) is 5.78. The first-order valence-electron chi connectivity index (χ1n) is 7.73. The van der Waals surface area contributed by atoms with Crippen molar-refractivity contribution < 1.29 is 9.59 Å². The van der Waals surface area contributed by atoms with Gasteiger partial charge in [-0.2, -0.15) is 0 Å². The van der Waals surface area contributed by atoms with E-state index in [0.29, 0.717) is 25.9 Å². The number of nitrogens with zero attached hydrogens (tertiary/aromatic N) is 2. The van der Waals surface area contributed by atoms with Crippen molar-refractivity contribution in [3.63, 3.8) is 0 Å². The molecule has 0 radical (unpaired) electrons. The number of amides is 2. The van der Waals surface area contributed by atoms with Gasteiger partial charge < -0.3 is 10.2 Å². The molecule has 0 aliphatic carbocycles. The maximum absolute atomic E-state index is 12.5. The Kier molecular flexibility index (Phi) is 4.71. The third-order valence-corrected chi connectivity index (χ3v) is 4.81. The van der Waals surface area contributed by atoms with Crippen LogP contribution in [0.15, 0.2) is 29.8 Å². The maximum atomic E-state index is 12.5. The maximum Gasteiger partial charge on any atom is 0.228 e. The van der Waals surface area contributed by atoms with Crippen LogP contribution in [-0.4, -0.2) is 34.8 Å². The molecule has 1 aliphatic rings. The lowest BCUT2D eigenvalue weighted by Crippen LogP contribution is -2.33. The summed E-state index contributed by atoms with van der Waals surface area (Å²) < 4.78 is 0. The van der Waals surface area contributed by atoms with Crippen molar-refractivity contribution in [3.05, 3.63) is 45.9 Å². The van der Waals surface area contributed by atoms with E-state index in [1.807, 2.05) is 35.4 Å². The van der Waals surface area contributed by atoms with Crippen LogP contribution in [0.1, 0.15) is 23.1 Å². The van der Waals surface area contributed by atoms with Crippen LogP contribution in [-0.2, 0) is 28.9 Å². The van der Waals surface area contributed by atoms with Crippen molar-refractivity contribution in [1.82, 2.24) is 9.88 Å². The smallest absolute Gasteiger partial charge is 0.228 e. The summed E-state index contributed by atoms with van der Waals surface area (Å²) in [5.41, 5.74) is 2.78. The van der Waals surface area contributed by atoms with Gasteiger partial charge in [-0.15, -0.1) is 11.3 Å². The van der Waals surface area contributed by atoms with Crippen molar-refractivity contribution in [2.75, 3.05) is 18.4 Å². The Morgan fingerprint density at radius 3 is 3.04 bits per heavy atom. The molecular weight excluding hydrogens is 310 g/mol. The molecule has 0 atom stereocenters. The van der Waals surface area contributed by atoms with E-state index >= 15 is 0 Å². The van der Waals surface area contributed by atoms with E-state index in [2.05, 4.69) is 10.3 Å². The minimum Gasteiger partial charge on any atom is -0.342 e. The van der Waals surface area contributed by atoms with Gasteiger partial charge in [-0.1, -0.05) is 12.1 Å². The van der Waals surface area contributed by atoms with E-state index in [1.54, 1.807) is 17.5 Å². The molecule has 2 amide bonds. The molecule has 120 valence electrons. The lowest BCUT2D eigenvalue weighted by molar-refractivity contribution is -0.130. The van der Waals surface area contributed by atoms with Gasteiger partial charge in [-0.3, -0.25) is 9.59 Å². The number of aromatic nitrogens is 1. The summed E-state index contributed by atoms with van der Waals surface area (Å²) in [5.74, 6) is 0.121. The standard InChI is InChI=1S/C17H19N3O2S/c1-2-20(7-5-16-18-6-8-23-16)17(22)10-12-3-4-13-11-15(21)19-14(13)9-12/h3-4,6,8-9H,2,5,7,10-11H2,1H3,(H,19,21). The molecule has 2 aromatic rings. The molecule has 1 N–H and O–H groups in total. The van der Waals surface area contributed by atoms with E-state index in [-0.39, 0.29) is 11.8 Å². The number of fused-ring (bicyclic) bond motifs is 1. The molecule has 5 nitrogen and oxygen atoms in total. The van der Waals surface area contributed by atoms with Crippen LogP contribution in [0.5, 0.6) is 0 Å². The summed E-state index contributed by atoms with van der Waals surface area (Å²) in [7, 11) is 0. The summed E-state index contributed by atoms with van der Waals surface area (Å²) >= 11 is 1.62. The molecule has 0 unspecified atom stereocenters. The molecule has 1 aliphatic heterocycles. The molecule has 6 heteroatoms. The van der Waals surface area contributed by atoms with Crippen molar-refractivity contribution >= 4 is 28.8 Å². The normalized spacial score (nSPS) is 12.8. The largest absolute Gasteiger partial charge is 0.342 e. The highest BCUT2D eigenvalue weighted by Gasteiger charge is 2.19. The zero-order chi connectivity index (χ0) is 16.2. The molecule has 23 heavy (non-hydrogen) atoms. The number of hydrogen-bond acceptors (Lipinski definition) is 4. The Bertz CT molecular complexity index is 713. The Morgan fingerprint density at radius 1 is 1.43 bits per heavy atom. The minimum atomic E-state index is 0.0158.